The number of nitrogens with one attached hydrogen (secondary N) is 1. The van der Waals surface area contributed by atoms with Crippen molar-refractivity contribution in [1.82, 2.24) is 10.2 Å². The highest BCUT2D eigenvalue weighted by molar-refractivity contribution is 6.32. The highest BCUT2D eigenvalue weighted by Gasteiger charge is 2.08. The lowest BCUT2D eigenvalue weighted by molar-refractivity contribution is 0.482. The number of aromatic nitrogens is 2. The third-order valence-corrected chi connectivity index (χ3v) is 3.91. The Labute approximate surface area is 149 Å². The van der Waals surface area contributed by atoms with E-state index in [0.717, 1.165) is 11.3 Å². The Morgan fingerprint density at radius 3 is 2.84 bits per heavy atom. The summed E-state index contributed by atoms with van der Waals surface area (Å²) in [7, 11) is 0. The van der Waals surface area contributed by atoms with Crippen molar-refractivity contribution in [3.05, 3.63) is 92.1 Å². The molecule has 0 atom stereocenters. The predicted molar refractivity (Wildman–Crippen MR) is 96.6 cm³/mol. The first-order valence-electron chi connectivity index (χ1n) is 7.54. The Balaban J connectivity index is 1.86. The van der Waals surface area contributed by atoms with Crippen LogP contribution in [0.3, 0.4) is 0 Å². The third kappa shape index (κ3) is 4.06. The number of H-pyrrole nitrogens is 1. The topological polar surface area (TPSA) is 59.3 Å². The van der Waals surface area contributed by atoms with Gasteiger partial charge in [0, 0.05) is 12.0 Å². The van der Waals surface area contributed by atoms with Gasteiger partial charge in [-0.15, -0.1) is 0 Å². The van der Waals surface area contributed by atoms with Crippen LogP contribution in [-0.4, -0.2) is 10.2 Å². The quantitative estimate of drug-likeness (QED) is 0.695. The van der Waals surface area contributed by atoms with Crippen molar-refractivity contribution in [3.8, 4) is 11.5 Å². The van der Waals surface area contributed by atoms with Crippen LogP contribution in [0.4, 0.5) is 5.69 Å². The van der Waals surface area contributed by atoms with Crippen LogP contribution in [0.15, 0.2) is 53.3 Å². The van der Waals surface area contributed by atoms with E-state index in [1.165, 1.54) is 0 Å². The molecule has 0 saturated heterocycles. The van der Waals surface area contributed by atoms with Crippen LogP contribution < -0.4 is 10.3 Å². The SMILES string of the molecule is [C-]#[N+]c1cccc(Oc2cc(Cc3cc(C)c(=O)[nH]n3)ccc2Cl)c1. The first-order valence-corrected chi connectivity index (χ1v) is 7.92. The van der Waals surface area contributed by atoms with Gasteiger partial charge in [0.2, 0.25) is 0 Å². The van der Waals surface area contributed by atoms with E-state index in [9.17, 15) is 4.79 Å². The number of hydrogen-bond donors (Lipinski definition) is 1. The Morgan fingerprint density at radius 1 is 1.24 bits per heavy atom. The normalized spacial score (nSPS) is 10.3. The van der Waals surface area contributed by atoms with Crippen LogP contribution in [-0.2, 0) is 6.42 Å². The molecule has 5 nitrogen and oxygen atoms in total. The van der Waals surface area contributed by atoms with Gasteiger partial charge in [0.15, 0.2) is 5.69 Å². The van der Waals surface area contributed by atoms with Gasteiger partial charge in [-0.3, -0.25) is 4.79 Å². The van der Waals surface area contributed by atoms with Crippen LogP contribution in [0.2, 0.25) is 5.02 Å². The summed E-state index contributed by atoms with van der Waals surface area (Å²) in [5.74, 6) is 1.05. The molecule has 1 heterocycles. The van der Waals surface area contributed by atoms with Crippen LogP contribution in [0.25, 0.3) is 4.85 Å². The number of hydrogen-bond acceptors (Lipinski definition) is 3. The van der Waals surface area contributed by atoms with Crippen LogP contribution >= 0.6 is 11.6 Å². The minimum absolute atomic E-state index is 0.191. The lowest BCUT2D eigenvalue weighted by Crippen LogP contribution is -2.12. The van der Waals surface area contributed by atoms with Crippen molar-refractivity contribution in [2.24, 2.45) is 0 Å². The van der Waals surface area contributed by atoms with E-state index in [1.54, 1.807) is 43.3 Å². The van der Waals surface area contributed by atoms with Crippen molar-refractivity contribution in [1.29, 1.82) is 0 Å². The van der Waals surface area contributed by atoms with E-state index in [-0.39, 0.29) is 5.56 Å². The highest BCUT2D eigenvalue weighted by atomic mass is 35.5. The van der Waals surface area contributed by atoms with Gasteiger partial charge < -0.3 is 4.74 Å². The summed E-state index contributed by atoms with van der Waals surface area (Å²) in [5, 5.41) is 7.00. The Bertz CT molecular complexity index is 1020. The minimum Gasteiger partial charge on any atom is -0.457 e. The number of benzene rings is 2. The third-order valence-electron chi connectivity index (χ3n) is 3.60. The molecule has 0 unspecified atom stereocenters. The summed E-state index contributed by atoms with van der Waals surface area (Å²) in [4.78, 5) is 14.8. The van der Waals surface area contributed by atoms with Crippen LogP contribution in [0.5, 0.6) is 11.5 Å². The molecule has 25 heavy (non-hydrogen) atoms. The van der Waals surface area contributed by atoms with Crippen molar-refractivity contribution in [2.45, 2.75) is 13.3 Å². The van der Waals surface area contributed by atoms with Gasteiger partial charge in [0.1, 0.15) is 11.5 Å². The number of nitrogens with zero attached hydrogens (tertiary/aromatic N) is 2. The number of halogens is 1. The number of rotatable bonds is 4. The first-order chi connectivity index (χ1) is 12.0. The molecule has 0 bridgehead atoms. The zero-order valence-corrected chi connectivity index (χ0v) is 14.2. The largest absolute Gasteiger partial charge is 0.457 e. The number of ether oxygens (including phenoxy) is 1. The molecular formula is C19H14ClN3O2. The second-order valence-electron chi connectivity index (χ2n) is 5.52. The molecule has 0 spiro atoms. The van der Waals surface area contributed by atoms with Crippen LogP contribution in [0.1, 0.15) is 16.8 Å². The average molecular weight is 352 g/mol. The van der Waals surface area contributed by atoms with Crippen molar-refractivity contribution in [2.75, 3.05) is 0 Å². The first kappa shape index (κ1) is 16.7. The monoisotopic (exact) mass is 351 g/mol. The molecular weight excluding hydrogens is 338 g/mol. The highest BCUT2D eigenvalue weighted by Crippen LogP contribution is 2.32. The number of aryl methyl sites for hydroxylation is 1. The predicted octanol–water partition coefficient (Wildman–Crippen LogP) is 4.67. The minimum atomic E-state index is -0.191. The van der Waals surface area contributed by atoms with E-state index >= 15 is 0 Å². The van der Waals surface area contributed by atoms with Gasteiger partial charge in [-0.2, -0.15) is 5.10 Å². The zero-order valence-electron chi connectivity index (χ0n) is 13.4. The summed E-state index contributed by atoms with van der Waals surface area (Å²) in [6.45, 7) is 8.81. The van der Waals surface area contributed by atoms with E-state index in [1.807, 2.05) is 12.1 Å². The molecule has 0 saturated carbocycles. The van der Waals surface area contributed by atoms with E-state index in [0.29, 0.717) is 34.2 Å². The zero-order chi connectivity index (χ0) is 17.8. The van der Waals surface area contributed by atoms with Gasteiger partial charge in [-0.25, -0.2) is 9.94 Å². The van der Waals surface area contributed by atoms with E-state index in [4.69, 9.17) is 22.9 Å². The van der Waals surface area contributed by atoms with E-state index in [2.05, 4.69) is 15.0 Å². The van der Waals surface area contributed by atoms with Gasteiger partial charge in [0.25, 0.3) is 5.56 Å². The molecule has 2 aromatic carbocycles. The second kappa shape index (κ2) is 7.20. The van der Waals surface area contributed by atoms with Crippen molar-refractivity contribution >= 4 is 17.3 Å². The molecule has 3 rings (SSSR count). The van der Waals surface area contributed by atoms with E-state index < -0.39 is 0 Å². The van der Waals surface area contributed by atoms with Gasteiger partial charge in [-0.1, -0.05) is 29.8 Å². The lowest BCUT2D eigenvalue weighted by atomic mass is 10.1. The summed E-state index contributed by atoms with van der Waals surface area (Å²) in [6.07, 6.45) is 0.535. The molecule has 1 aromatic heterocycles. The lowest BCUT2D eigenvalue weighted by Gasteiger charge is -2.10. The Morgan fingerprint density at radius 2 is 2.08 bits per heavy atom. The maximum atomic E-state index is 11.4. The summed E-state index contributed by atoms with van der Waals surface area (Å²) in [6, 6.07) is 14.1. The molecule has 1 N–H and O–H groups in total. The van der Waals surface area contributed by atoms with Crippen molar-refractivity contribution < 1.29 is 4.74 Å². The maximum Gasteiger partial charge on any atom is 0.267 e. The second-order valence-corrected chi connectivity index (χ2v) is 5.93. The molecule has 0 aliphatic heterocycles. The average Bonchev–Trinajstić information content (AvgIpc) is 2.61. The molecule has 0 amide bonds. The maximum absolute atomic E-state index is 11.4. The van der Waals surface area contributed by atoms with Gasteiger partial charge >= 0.3 is 0 Å². The standard InChI is InChI=1S/C19H14ClN3O2/c1-12-8-15(22-23-19(12)24)9-13-6-7-17(20)18(10-13)25-16-5-3-4-14(11-16)21-2/h3-8,10-11H,9H2,1H3,(H,23,24). The number of aromatic amines is 1. The molecule has 0 radical (unpaired) electrons. The molecule has 3 aromatic rings. The molecule has 0 aliphatic carbocycles. The van der Waals surface area contributed by atoms with Crippen molar-refractivity contribution in [3.63, 3.8) is 0 Å². The van der Waals surface area contributed by atoms with Gasteiger partial charge in [0.05, 0.1) is 17.3 Å². The van der Waals surface area contributed by atoms with Gasteiger partial charge in [-0.05, 0) is 42.8 Å². The summed E-state index contributed by atoms with van der Waals surface area (Å²) in [5.41, 5.74) is 2.62. The fraction of sp³-hybridized carbons (Fsp3) is 0.105. The summed E-state index contributed by atoms with van der Waals surface area (Å²) >= 11 is 6.22. The molecule has 6 heteroatoms. The fourth-order valence-corrected chi connectivity index (χ4v) is 2.49. The molecule has 124 valence electrons. The smallest absolute Gasteiger partial charge is 0.267 e. The summed E-state index contributed by atoms with van der Waals surface area (Å²) < 4.78 is 5.82. The van der Waals surface area contributed by atoms with Crippen LogP contribution in [0, 0.1) is 13.5 Å². The molecule has 0 aliphatic rings. The molecule has 0 fully saturated rings. The Kier molecular flexibility index (Phi) is 4.82. The fourth-order valence-electron chi connectivity index (χ4n) is 2.34. The Hall–Kier alpha value is -3.10.